The van der Waals surface area contributed by atoms with Gasteiger partial charge in [0, 0.05) is 6.42 Å². The van der Waals surface area contributed by atoms with E-state index in [0.29, 0.717) is 6.42 Å². The van der Waals surface area contributed by atoms with Crippen LogP contribution in [-0.2, 0) is 4.79 Å². The van der Waals surface area contributed by atoms with E-state index in [9.17, 15) is 4.79 Å². The minimum atomic E-state index is 0.279. The fourth-order valence-electron chi connectivity index (χ4n) is 2.31. The van der Waals surface area contributed by atoms with Crippen LogP contribution in [0.5, 0.6) is 0 Å². The molecule has 0 aromatic rings. The van der Waals surface area contributed by atoms with Crippen molar-refractivity contribution in [1.82, 2.24) is 0 Å². The van der Waals surface area contributed by atoms with Crippen LogP contribution in [0.25, 0.3) is 0 Å². The third kappa shape index (κ3) is 13.6. The van der Waals surface area contributed by atoms with Crippen molar-refractivity contribution in [1.29, 1.82) is 0 Å². The van der Waals surface area contributed by atoms with Crippen molar-refractivity contribution in [3.63, 3.8) is 0 Å². The van der Waals surface area contributed by atoms with E-state index in [1.54, 1.807) is 6.92 Å². The molecule has 0 radical (unpaired) electrons. The van der Waals surface area contributed by atoms with Crippen molar-refractivity contribution in [3.05, 3.63) is 34.9 Å². The van der Waals surface area contributed by atoms with Crippen LogP contribution in [0, 0.1) is 0 Å². The number of rotatable bonds is 11. The normalized spacial score (nSPS) is 13.7. The summed E-state index contributed by atoms with van der Waals surface area (Å²) in [6.07, 6.45) is 15.6. The van der Waals surface area contributed by atoms with E-state index in [2.05, 4.69) is 45.9 Å². The van der Waals surface area contributed by atoms with E-state index in [4.69, 9.17) is 0 Å². The topological polar surface area (TPSA) is 17.1 Å². The molecule has 1 heteroatoms. The maximum atomic E-state index is 10.9. The fraction of sp³-hybridized carbons (Fsp3) is 0.650. The second kappa shape index (κ2) is 12.6. The van der Waals surface area contributed by atoms with Crippen LogP contribution in [0.3, 0.4) is 0 Å². The van der Waals surface area contributed by atoms with Crippen molar-refractivity contribution in [2.24, 2.45) is 0 Å². The molecule has 0 saturated heterocycles. The Morgan fingerprint density at radius 3 is 1.43 bits per heavy atom. The Kier molecular flexibility index (Phi) is 12.0. The van der Waals surface area contributed by atoms with Gasteiger partial charge in [-0.3, -0.25) is 0 Å². The summed E-state index contributed by atoms with van der Waals surface area (Å²) < 4.78 is 0. The highest BCUT2D eigenvalue weighted by Gasteiger charge is 1.94. The molecule has 120 valence electrons. The first-order chi connectivity index (χ1) is 9.95. The summed E-state index contributed by atoms with van der Waals surface area (Å²) in [4.78, 5) is 10.9. The number of carbonyl (C=O) groups excluding carboxylic acids is 1. The largest absolute Gasteiger partial charge is 0.300 e. The first-order valence-electron chi connectivity index (χ1n) is 8.42. The standard InChI is InChI=1S/C20H34O/c1-6-10-17(2)11-7-12-18(3)13-8-14-19(4)15-9-16-20(5)21/h11,13,15H,6-10,12,14,16H2,1-5H3/b17-11?,18-13-,19-15-. The van der Waals surface area contributed by atoms with Gasteiger partial charge in [0.05, 0.1) is 0 Å². The zero-order valence-electron chi connectivity index (χ0n) is 14.8. The van der Waals surface area contributed by atoms with Gasteiger partial charge in [-0.15, -0.1) is 0 Å². The summed E-state index contributed by atoms with van der Waals surface area (Å²) >= 11 is 0. The number of hydrogen-bond acceptors (Lipinski definition) is 1. The molecule has 0 aromatic carbocycles. The fourth-order valence-corrected chi connectivity index (χ4v) is 2.31. The molecule has 0 aliphatic rings. The lowest BCUT2D eigenvalue weighted by Gasteiger charge is -2.02. The van der Waals surface area contributed by atoms with E-state index in [1.807, 2.05) is 0 Å². The second-order valence-electron chi connectivity index (χ2n) is 6.22. The van der Waals surface area contributed by atoms with Crippen LogP contribution in [0.2, 0.25) is 0 Å². The van der Waals surface area contributed by atoms with Gasteiger partial charge in [-0.05, 0) is 66.2 Å². The summed E-state index contributed by atoms with van der Waals surface area (Å²) in [6, 6.07) is 0. The Bertz CT molecular complexity index is 383. The number of allylic oxidation sites excluding steroid dienone is 6. The van der Waals surface area contributed by atoms with E-state index in [1.165, 1.54) is 42.4 Å². The Morgan fingerprint density at radius 1 is 0.667 bits per heavy atom. The number of ketones is 1. The first kappa shape index (κ1) is 19.9. The molecule has 0 rings (SSSR count). The van der Waals surface area contributed by atoms with Crippen LogP contribution in [-0.4, -0.2) is 5.78 Å². The molecule has 0 aliphatic heterocycles. The van der Waals surface area contributed by atoms with Gasteiger partial charge in [-0.25, -0.2) is 0 Å². The van der Waals surface area contributed by atoms with Crippen molar-refractivity contribution in [2.45, 2.75) is 86.0 Å². The summed E-state index contributed by atoms with van der Waals surface area (Å²) in [5.41, 5.74) is 4.42. The minimum Gasteiger partial charge on any atom is -0.300 e. The van der Waals surface area contributed by atoms with Gasteiger partial charge in [0.15, 0.2) is 0 Å². The zero-order valence-corrected chi connectivity index (χ0v) is 14.8. The molecule has 0 N–H and O–H groups in total. The molecule has 0 aromatic heterocycles. The van der Waals surface area contributed by atoms with Gasteiger partial charge < -0.3 is 4.79 Å². The molecule has 0 spiro atoms. The van der Waals surface area contributed by atoms with Gasteiger partial charge >= 0.3 is 0 Å². The monoisotopic (exact) mass is 290 g/mol. The molecular weight excluding hydrogens is 256 g/mol. The predicted octanol–water partition coefficient (Wildman–Crippen LogP) is 6.56. The predicted molar refractivity (Wildman–Crippen MR) is 94.6 cm³/mol. The molecule has 21 heavy (non-hydrogen) atoms. The summed E-state index contributed by atoms with van der Waals surface area (Å²) in [5.74, 6) is 0.279. The van der Waals surface area contributed by atoms with E-state index in [-0.39, 0.29) is 5.78 Å². The lowest BCUT2D eigenvalue weighted by atomic mass is 10.0. The van der Waals surface area contributed by atoms with Crippen molar-refractivity contribution >= 4 is 5.78 Å². The van der Waals surface area contributed by atoms with Crippen LogP contribution in [0.1, 0.15) is 86.0 Å². The van der Waals surface area contributed by atoms with Crippen LogP contribution in [0.4, 0.5) is 0 Å². The highest BCUT2D eigenvalue weighted by atomic mass is 16.1. The molecule has 0 fully saturated rings. The maximum absolute atomic E-state index is 10.9. The Balaban J connectivity index is 3.91. The second-order valence-corrected chi connectivity index (χ2v) is 6.22. The van der Waals surface area contributed by atoms with E-state index < -0.39 is 0 Å². The smallest absolute Gasteiger partial charge is 0.130 e. The van der Waals surface area contributed by atoms with Gasteiger partial charge in [0.1, 0.15) is 5.78 Å². The Morgan fingerprint density at radius 2 is 1.05 bits per heavy atom. The third-order valence-corrected chi connectivity index (χ3v) is 3.70. The molecular formula is C20H34O. The highest BCUT2D eigenvalue weighted by Crippen LogP contribution is 2.13. The van der Waals surface area contributed by atoms with Gasteiger partial charge in [-0.1, -0.05) is 48.3 Å². The summed E-state index contributed by atoms with van der Waals surface area (Å²) in [7, 11) is 0. The average molecular weight is 290 g/mol. The molecule has 0 unspecified atom stereocenters. The zero-order chi connectivity index (χ0) is 16.1. The maximum Gasteiger partial charge on any atom is 0.130 e. The van der Waals surface area contributed by atoms with Gasteiger partial charge in [-0.2, -0.15) is 0 Å². The summed E-state index contributed by atoms with van der Waals surface area (Å²) in [6.45, 7) is 10.5. The molecule has 0 saturated carbocycles. The molecule has 0 atom stereocenters. The summed E-state index contributed by atoms with van der Waals surface area (Å²) in [5, 5.41) is 0. The number of hydrogen-bond donors (Lipinski definition) is 0. The Hall–Kier alpha value is -1.11. The third-order valence-electron chi connectivity index (χ3n) is 3.70. The molecule has 0 aliphatic carbocycles. The van der Waals surface area contributed by atoms with Gasteiger partial charge in [0.2, 0.25) is 0 Å². The number of Topliss-reactive ketones (excluding diaryl/α,β-unsaturated/α-hetero) is 1. The Labute approximate surface area is 132 Å². The van der Waals surface area contributed by atoms with Crippen LogP contribution in [0.15, 0.2) is 34.9 Å². The number of carbonyl (C=O) groups is 1. The van der Waals surface area contributed by atoms with Crippen molar-refractivity contribution < 1.29 is 4.79 Å². The van der Waals surface area contributed by atoms with Crippen molar-refractivity contribution in [2.75, 3.05) is 0 Å². The van der Waals surface area contributed by atoms with Crippen molar-refractivity contribution in [3.8, 4) is 0 Å². The lowest BCUT2D eigenvalue weighted by Crippen LogP contribution is -1.87. The quantitative estimate of drug-likeness (QED) is 0.394. The average Bonchev–Trinajstić information content (AvgIpc) is 2.38. The van der Waals surface area contributed by atoms with Crippen LogP contribution >= 0.6 is 0 Å². The lowest BCUT2D eigenvalue weighted by molar-refractivity contribution is -0.116. The van der Waals surface area contributed by atoms with E-state index >= 15 is 0 Å². The molecule has 0 heterocycles. The first-order valence-corrected chi connectivity index (χ1v) is 8.42. The molecule has 1 nitrogen and oxygen atoms in total. The highest BCUT2D eigenvalue weighted by molar-refractivity contribution is 5.75. The van der Waals surface area contributed by atoms with Gasteiger partial charge in [0.25, 0.3) is 0 Å². The van der Waals surface area contributed by atoms with E-state index in [0.717, 1.165) is 19.3 Å². The SMILES string of the molecule is CCCC(C)=CCC/C(C)=C\CC/C(C)=C\CCC(C)=O. The molecule has 0 amide bonds. The minimum absolute atomic E-state index is 0.279. The molecule has 0 bridgehead atoms. The van der Waals surface area contributed by atoms with Crippen LogP contribution < -0.4 is 0 Å².